The zero-order valence-corrected chi connectivity index (χ0v) is 37.7. The summed E-state index contributed by atoms with van der Waals surface area (Å²) in [6, 6.07) is -11.7. The van der Waals surface area contributed by atoms with Crippen LogP contribution < -0.4 is 65.9 Å². The summed E-state index contributed by atoms with van der Waals surface area (Å²) in [5.41, 5.74) is 27.4. The van der Waals surface area contributed by atoms with Crippen molar-refractivity contribution >= 4 is 96.3 Å². The van der Waals surface area contributed by atoms with Crippen LogP contribution in [-0.4, -0.2) is 184 Å². The van der Waals surface area contributed by atoms with Crippen LogP contribution >= 0.6 is 25.3 Å². The standard InChI is InChI=1S/C36H62N14O14S2/c37-8-2-1-5-18(29(57)45-19(6-3-9-42-36(40)41)30(58)47-21(12-27(54)55)31(59)49-23(16-66)35(63)64)44-26(53)13-43-28(56)20(11-25(39)52)46-32(60)22(14-51)48-33(61)24-7-4-10-50(24)34(62)17(38)15-65/h17-24,51,65-66H,1-16,37-38H2,(H2,39,52)(H,43,56)(H,44,53)(H,45,57)(H,46,60)(H,47,58)(H,48,61)(H,49,59)(H,54,55)(H,63,64)(H4,40,41,42)/t17-,18-,19-,20-,21-,22-,23-,24-/m0/s1. The van der Waals surface area contributed by atoms with Gasteiger partial charge in [0.15, 0.2) is 5.96 Å². The van der Waals surface area contributed by atoms with Crippen LogP contribution in [-0.2, 0) is 52.7 Å². The lowest BCUT2D eigenvalue weighted by atomic mass is 10.1. The summed E-state index contributed by atoms with van der Waals surface area (Å²) in [6.45, 7) is -1.48. The molecule has 1 saturated heterocycles. The number of carboxylic acid groups (broad SMARTS) is 2. The molecule has 1 heterocycles. The molecule has 0 aromatic heterocycles. The molecule has 0 aromatic rings. The van der Waals surface area contributed by atoms with Crippen LogP contribution in [0.15, 0.2) is 4.99 Å². The zero-order valence-electron chi connectivity index (χ0n) is 35.9. The third-order valence-electron chi connectivity index (χ3n) is 9.62. The lowest BCUT2D eigenvalue weighted by Gasteiger charge is -2.28. The Morgan fingerprint density at radius 3 is 1.76 bits per heavy atom. The molecule has 8 atom stereocenters. The molecule has 0 bridgehead atoms. The molecule has 1 rings (SSSR count). The number of carbonyl (C=O) groups excluding carboxylic acids is 9. The number of likely N-dealkylation sites (tertiary alicyclic amines) is 1. The predicted molar refractivity (Wildman–Crippen MR) is 239 cm³/mol. The van der Waals surface area contributed by atoms with Crippen molar-refractivity contribution in [1.29, 1.82) is 0 Å². The van der Waals surface area contributed by atoms with Gasteiger partial charge in [0.2, 0.25) is 53.2 Å². The summed E-state index contributed by atoms with van der Waals surface area (Å²) in [7, 11) is 0. The minimum absolute atomic E-state index is 0.00644. The van der Waals surface area contributed by atoms with Crippen molar-refractivity contribution in [2.45, 2.75) is 106 Å². The second-order valence-corrected chi connectivity index (χ2v) is 15.6. The van der Waals surface area contributed by atoms with Crippen molar-refractivity contribution in [3.05, 3.63) is 0 Å². The lowest BCUT2D eigenvalue weighted by Crippen LogP contribution is -2.59. The first-order valence-corrected chi connectivity index (χ1v) is 21.8. The van der Waals surface area contributed by atoms with Crippen molar-refractivity contribution in [1.82, 2.24) is 42.1 Å². The first-order chi connectivity index (χ1) is 31.1. The molecule has 0 aromatic carbocycles. The second kappa shape index (κ2) is 30.3. The number of carbonyl (C=O) groups is 11. The van der Waals surface area contributed by atoms with E-state index >= 15 is 0 Å². The van der Waals surface area contributed by atoms with Crippen molar-refractivity contribution < 1.29 is 68.1 Å². The monoisotopic (exact) mass is 978 g/mol. The topological polar surface area (TPSA) is 478 Å². The number of rotatable bonds is 31. The minimum atomic E-state index is -1.82. The first kappa shape index (κ1) is 58.0. The Balaban J connectivity index is 3.19. The quantitative estimate of drug-likeness (QED) is 0.0133. The van der Waals surface area contributed by atoms with Crippen molar-refractivity contribution in [3.63, 3.8) is 0 Å². The number of hydrogen-bond donors (Lipinski definition) is 17. The highest BCUT2D eigenvalue weighted by molar-refractivity contribution is 7.80. The van der Waals surface area contributed by atoms with Crippen LogP contribution in [0, 0.1) is 0 Å². The number of aliphatic carboxylic acids is 2. The zero-order chi connectivity index (χ0) is 50.1. The van der Waals surface area contributed by atoms with E-state index < -0.39 is 139 Å². The van der Waals surface area contributed by atoms with E-state index in [9.17, 15) is 68.1 Å². The van der Waals surface area contributed by atoms with Gasteiger partial charge in [-0.3, -0.25) is 52.9 Å². The van der Waals surface area contributed by atoms with Gasteiger partial charge in [-0.05, 0) is 51.5 Å². The van der Waals surface area contributed by atoms with E-state index in [2.05, 4.69) is 67.5 Å². The van der Waals surface area contributed by atoms with Gasteiger partial charge in [-0.1, -0.05) is 0 Å². The molecule has 0 saturated carbocycles. The Labute approximate surface area is 389 Å². The molecule has 20 N–H and O–H groups in total. The molecule has 372 valence electrons. The van der Waals surface area contributed by atoms with Gasteiger partial charge in [-0.15, -0.1) is 0 Å². The Hall–Kier alpha value is -5.98. The molecule has 0 aliphatic carbocycles. The molecule has 0 radical (unpaired) electrons. The number of primary amides is 1. The van der Waals surface area contributed by atoms with Gasteiger partial charge in [-0.25, -0.2) is 4.79 Å². The number of aliphatic hydroxyl groups is 1. The van der Waals surface area contributed by atoms with E-state index in [0.29, 0.717) is 12.8 Å². The van der Waals surface area contributed by atoms with Crippen molar-refractivity contribution in [3.8, 4) is 0 Å². The normalized spacial score (nSPS) is 16.3. The van der Waals surface area contributed by atoms with Crippen LogP contribution in [0.5, 0.6) is 0 Å². The highest BCUT2D eigenvalue weighted by atomic mass is 32.1. The largest absolute Gasteiger partial charge is 0.481 e. The SMILES string of the molecule is NCCCC[C@H](NC(=O)CNC(=O)[C@H](CC(N)=O)NC(=O)[C@H](CO)NC(=O)[C@@H]1CCCN1C(=O)[C@@H](N)CS)C(=O)N[C@@H](CCCN=C(N)N)C(=O)N[C@@H](CC(=O)O)C(=O)N[C@@H](CS)C(=O)O. The van der Waals surface area contributed by atoms with Gasteiger partial charge in [0.1, 0.15) is 42.3 Å². The Morgan fingerprint density at radius 1 is 0.682 bits per heavy atom. The number of aliphatic imine (C=N–C) groups is 1. The number of unbranched alkanes of at least 4 members (excludes halogenated alkanes) is 1. The molecular formula is C36H62N14O14S2. The predicted octanol–water partition coefficient (Wildman–Crippen LogP) is -8.20. The van der Waals surface area contributed by atoms with Gasteiger partial charge in [0.05, 0.1) is 32.0 Å². The fourth-order valence-corrected chi connectivity index (χ4v) is 6.60. The lowest BCUT2D eigenvalue weighted by molar-refractivity contribution is -0.143. The van der Waals surface area contributed by atoms with Crippen LogP contribution in [0.3, 0.4) is 0 Å². The van der Waals surface area contributed by atoms with Crippen molar-refractivity contribution in [2.24, 2.45) is 33.7 Å². The number of carboxylic acids is 2. The Bertz CT molecular complexity index is 1770. The van der Waals surface area contributed by atoms with Gasteiger partial charge in [0.25, 0.3) is 0 Å². The Kier molecular flexibility index (Phi) is 26.6. The molecule has 1 aliphatic heterocycles. The highest BCUT2D eigenvalue weighted by Gasteiger charge is 2.38. The van der Waals surface area contributed by atoms with Gasteiger partial charge < -0.3 is 86.1 Å². The number of guanidine groups is 1. The van der Waals surface area contributed by atoms with Crippen LogP contribution in [0.4, 0.5) is 0 Å². The summed E-state index contributed by atoms with van der Waals surface area (Å²) >= 11 is 7.85. The van der Waals surface area contributed by atoms with Gasteiger partial charge in [-0.2, -0.15) is 25.3 Å². The summed E-state index contributed by atoms with van der Waals surface area (Å²) in [5.74, 6) is -12.6. The average molecular weight is 979 g/mol. The fraction of sp³-hybridized carbons (Fsp3) is 0.667. The molecular weight excluding hydrogens is 917 g/mol. The number of nitrogens with one attached hydrogen (secondary N) is 7. The molecule has 30 heteroatoms. The summed E-state index contributed by atoms with van der Waals surface area (Å²) in [4.78, 5) is 145. The van der Waals surface area contributed by atoms with Crippen molar-refractivity contribution in [2.75, 3.05) is 44.3 Å². The number of nitrogens with two attached hydrogens (primary N) is 5. The van der Waals surface area contributed by atoms with E-state index in [1.54, 1.807) is 0 Å². The Morgan fingerprint density at radius 2 is 1.23 bits per heavy atom. The number of nitrogens with zero attached hydrogens (tertiary/aromatic N) is 2. The number of aliphatic hydroxyl groups excluding tert-OH is 1. The molecule has 66 heavy (non-hydrogen) atoms. The molecule has 9 amide bonds. The molecule has 1 aliphatic rings. The molecule has 0 spiro atoms. The van der Waals surface area contributed by atoms with Crippen LogP contribution in [0.1, 0.15) is 57.8 Å². The van der Waals surface area contributed by atoms with E-state index in [1.807, 2.05) is 0 Å². The highest BCUT2D eigenvalue weighted by Crippen LogP contribution is 2.19. The van der Waals surface area contributed by atoms with E-state index in [-0.39, 0.29) is 69.2 Å². The molecule has 1 fully saturated rings. The van der Waals surface area contributed by atoms with Gasteiger partial charge in [0, 0.05) is 24.6 Å². The second-order valence-electron chi connectivity index (χ2n) is 14.8. The maximum atomic E-state index is 13.7. The summed E-state index contributed by atoms with van der Waals surface area (Å²) in [6.07, 6.45) is -0.732. The van der Waals surface area contributed by atoms with Crippen LogP contribution in [0.2, 0.25) is 0 Å². The molecule has 0 unspecified atom stereocenters. The first-order valence-electron chi connectivity index (χ1n) is 20.6. The van der Waals surface area contributed by atoms with Crippen LogP contribution in [0.25, 0.3) is 0 Å². The van der Waals surface area contributed by atoms with E-state index in [0.717, 1.165) is 0 Å². The maximum absolute atomic E-state index is 13.7. The minimum Gasteiger partial charge on any atom is -0.481 e. The number of amides is 9. The van der Waals surface area contributed by atoms with E-state index in [1.165, 1.54) is 4.90 Å². The third-order valence-corrected chi connectivity index (χ3v) is 10.4. The average Bonchev–Trinajstić information content (AvgIpc) is 3.75. The maximum Gasteiger partial charge on any atom is 0.327 e. The summed E-state index contributed by atoms with van der Waals surface area (Å²) < 4.78 is 0. The summed E-state index contributed by atoms with van der Waals surface area (Å²) in [5, 5.41) is 44.5. The number of thiol groups is 2. The number of hydrogen-bond acceptors (Lipinski definition) is 17. The van der Waals surface area contributed by atoms with E-state index in [4.69, 9.17) is 28.7 Å². The van der Waals surface area contributed by atoms with Gasteiger partial charge >= 0.3 is 11.9 Å². The third kappa shape index (κ3) is 20.9. The fourth-order valence-electron chi connectivity index (χ4n) is 6.20. The molecule has 28 nitrogen and oxygen atoms in total. The smallest absolute Gasteiger partial charge is 0.327 e.